The zero-order valence-electron chi connectivity index (χ0n) is 23.8. The maximum absolute atomic E-state index is 12.9. The number of rotatable bonds is 16. The van der Waals surface area contributed by atoms with E-state index in [-0.39, 0.29) is 31.0 Å². The van der Waals surface area contributed by atoms with Crippen LogP contribution in [-0.4, -0.2) is 39.6 Å². The van der Waals surface area contributed by atoms with Gasteiger partial charge in [0.15, 0.2) is 8.32 Å². The topological polar surface area (TPSA) is 101 Å². The second kappa shape index (κ2) is 17.8. The van der Waals surface area contributed by atoms with Gasteiger partial charge in [0.05, 0.1) is 26.0 Å². The van der Waals surface area contributed by atoms with Crippen molar-refractivity contribution in [2.45, 2.75) is 98.6 Å². The van der Waals surface area contributed by atoms with Crippen LogP contribution in [0.3, 0.4) is 0 Å². The van der Waals surface area contributed by atoms with Gasteiger partial charge in [-0.2, -0.15) is 0 Å². The van der Waals surface area contributed by atoms with Gasteiger partial charge in [-0.15, -0.1) is 9.42 Å². The Kier molecular flexibility index (Phi) is 17.5. The third kappa shape index (κ3) is 14.3. The van der Waals surface area contributed by atoms with Gasteiger partial charge < -0.3 is 18.2 Å². The number of unbranched alkanes of at least 4 members (excludes halogenated alkanes) is 1. The Morgan fingerprint density at radius 2 is 1.58 bits per heavy atom. The first-order valence-corrected chi connectivity index (χ1v) is 18.6. The van der Waals surface area contributed by atoms with Crippen molar-refractivity contribution in [1.82, 2.24) is 0 Å². The summed E-state index contributed by atoms with van der Waals surface area (Å²) in [5, 5.41) is 0.142. The van der Waals surface area contributed by atoms with E-state index in [2.05, 4.69) is 47.7 Å². The molecule has 0 radical (unpaired) electrons. The van der Waals surface area contributed by atoms with Gasteiger partial charge >= 0.3 is 15.9 Å². The van der Waals surface area contributed by atoms with Crippen LogP contribution in [0.1, 0.15) is 78.9 Å². The minimum Gasteiger partial charge on any atom is -0.493 e. The van der Waals surface area contributed by atoms with Crippen LogP contribution < -0.4 is 4.74 Å². The molecule has 1 N–H and O–H groups in total. The van der Waals surface area contributed by atoms with Crippen LogP contribution >= 0.6 is 15.9 Å². The lowest BCUT2D eigenvalue weighted by Crippen LogP contribution is -2.41. The molecule has 0 amide bonds. The third-order valence-electron chi connectivity index (χ3n) is 5.81. The van der Waals surface area contributed by atoms with Gasteiger partial charge in [0.1, 0.15) is 12.4 Å². The molecule has 0 heterocycles. The molecule has 0 aliphatic carbocycles. The molecule has 1 aromatic carbocycles. The molecule has 0 saturated carbocycles. The number of ether oxygens (including phenoxy) is 1. The van der Waals surface area contributed by atoms with Crippen molar-refractivity contribution in [2.24, 2.45) is 0 Å². The monoisotopic (exact) mass is 567 g/mol. The van der Waals surface area contributed by atoms with Gasteiger partial charge in [-0.05, 0) is 43.6 Å². The Hall–Kier alpha value is -0.633. The van der Waals surface area contributed by atoms with Crippen LogP contribution in [0.4, 0.5) is 0 Å². The Bertz CT molecular complexity index is 800. The maximum Gasteiger partial charge on any atom is 0.695 e. The van der Waals surface area contributed by atoms with Crippen LogP contribution in [0, 0.1) is 0 Å². The van der Waals surface area contributed by atoms with E-state index in [1.807, 2.05) is 0 Å². The van der Waals surface area contributed by atoms with Crippen molar-refractivity contribution in [3.8, 4) is 5.75 Å². The lowest BCUT2D eigenvalue weighted by molar-refractivity contribution is 0.219. The number of benzene rings is 1. The fraction of sp³-hybridized carbons (Fsp3) is 0.760. The molecule has 0 aliphatic rings. The summed E-state index contributed by atoms with van der Waals surface area (Å²) < 4.78 is 51.6. The standard InChI is InChI=1S/C21H38O8P2Si.C4H10/c1-8-27-31(24,28-9-2)17-18-11-12-19(16-26-30(22)23)20(15-18)25-13-10-14-29-32(6,7)21(3,4)5;1-3-4-2/h11-12,15H,8-10,13-14,16-17H2,1-7H3;3-4H2,1-2H3/p+1. The number of hydrogen-bond acceptors (Lipinski definition) is 7. The summed E-state index contributed by atoms with van der Waals surface area (Å²) in [4.78, 5) is 8.98. The van der Waals surface area contributed by atoms with E-state index in [1.54, 1.807) is 32.0 Å². The van der Waals surface area contributed by atoms with Gasteiger partial charge in [0.25, 0.3) is 0 Å². The lowest BCUT2D eigenvalue weighted by Gasteiger charge is -2.36. The van der Waals surface area contributed by atoms with Crippen molar-refractivity contribution in [3.05, 3.63) is 29.3 Å². The summed E-state index contributed by atoms with van der Waals surface area (Å²) in [6.45, 7) is 20.4. The molecule has 210 valence electrons. The van der Waals surface area contributed by atoms with E-state index < -0.39 is 24.2 Å². The van der Waals surface area contributed by atoms with Crippen LogP contribution in [0.2, 0.25) is 18.1 Å². The molecule has 1 unspecified atom stereocenters. The smallest absolute Gasteiger partial charge is 0.493 e. The van der Waals surface area contributed by atoms with Crippen LogP contribution in [0.15, 0.2) is 18.2 Å². The maximum atomic E-state index is 12.9. The van der Waals surface area contributed by atoms with Crippen molar-refractivity contribution in [1.29, 1.82) is 0 Å². The third-order valence-corrected chi connectivity index (χ3v) is 12.7. The Balaban J connectivity index is 0.00000283. The highest BCUT2D eigenvalue weighted by Gasteiger charge is 2.36. The van der Waals surface area contributed by atoms with Gasteiger partial charge in [0, 0.05) is 23.2 Å². The quantitative estimate of drug-likeness (QED) is 0.121. The Labute approximate surface area is 221 Å². The summed E-state index contributed by atoms with van der Waals surface area (Å²) in [5.41, 5.74) is 1.35. The zero-order valence-corrected chi connectivity index (χ0v) is 26.6. The van der Waals surface area contributed by atoms with Gasteiger partial charge in [0.2, 0.25) is 0 Å². The summed E-state index contributed by atoms with van der Waals surface area (Å²) in [5.74, 6) is 0.506. The molecule has 1 atom stereocenters. The first kappa shape index (κ1) is 35.4. The van der Waals surface area contributed by atoms with E-state index in [4.69, 9.17) is 27.6 Å². The Morgan fingerprint density at radius 3 is 2.06 bits per heavy atom. The van der Waals surface area contributed by atoms with Crippen molar-refractivity contribution in [3.63, 3.8) is 0 Å². The highest BCUT2D eigenvalue weighted by molar-refractivity contribution is 7.53. The summed E-state index contributed by atoms with van der Waals surface area (Å²) in [7, 11) is -7.81. The SMILES string of the molecule is CCCC.CCOP(=O)(Cc1ccc(CO[P+](=O)O)c(OCCCO[Si](C)(C)C(C)(C)C)c1)OCC. The van der Waals surface area contributed by atoms with Crippen LogP contribution in [-0.2, 0) is 39.9 Å². The molecule has 11 heteroatoms. The van der Waals surface area contributed by atoms with E-state index in [0.29, 0.717) is 30.9 Å². The summed E-state index contributed by atoms with van der Waals surface area (Å²) in [6, 6.07) is 5.25. The molecule has 8 nitrogen and oxygen atoms in total. The summed E-state index contributed by atoms with van der Waals surface area (Å²) in [6.07, 6.45) is 3.44. The largest absolute Gasteiger partial charge is 0.695 e. The minimum absolute atomic E-state index is 0.0730. The van der Waals surface area contributed by atoms with E-state index in [0.717, 1.165) is 5.56 Å². The zero-order chi connectivity index (χ0) is 27.8. The molecule has 0 saturated heterocycles. The van der Waals surface area contributed by atoms with Gasteiger partial charge in [-0.1, -0.05) is 59.6 Å². The fourth-order valence-electron chi connectivity index (χ4n) is 2.61. The van der Waals surface area contributed by atoms with E-state index >= 15 is 0 Å². The van der Waals surface area contributed by atoms with E-state index in [1.165, 1.54) is 12.8 Å². The molecule has 0 aliphatic heterocycles. The molecule has 1 rings (SSSR count). The molecule has 1 aromatic rings. The first-order chi connectivity index (χ1) is 16.7. The molecule has 36 heavy (non-hydrogen) atoms. The first-order valence-electron chi connectivity index (χ1n) is 12.8. The normalized spacial score (nSPS) is 12.7. The molecule has 0 fully saturated rings. The van der Waals surface area contributed by atoms with Gasteiger partial charge in [-0.3, -0.25) is 4.57 Å². The molecular weight excluding hydrogens is 518 g/mol. The van der Waals surface area contributed by atoms with Crippen molar-refractivity contribution >= 4 is 24.2 Å². The minimum atomic E-state index is -3.27. The predicted molar refractivity (Wildman–Crippen MR) is 149 cm³/mol. The predicted octanol–water partition coefficient (Wildman–Crippen LogP) is 8.22. The summed E-state index contributed by atoms with van der Waals surface area (Å²) >= 11 is 0. The molecular formula is C25H49O8P2Si+. The van der Waals surface area contributed by atoms with E-state index in [9.17, 15) is 9.13 Å². The average Bonchev–Trinajstić information content (AvgIpc) is 2.77. The van der Waals surface area contributed by atoms with Crippen molar-refractivity contribution < 1.29 is 36.8 Å². The van der Waals surface area contributed by atoms with Crippen molar-refractivity contribution in [2.75, 3.05) is 26.4 Å². The highest BCUT2D eigenvalue weighted by Crippen LogP contribution is 2.51. The fourth-order valence-corrected chi connectivity index (χ4v) is 5.63. The van der Waals surface area contributed by atoms with Crippen LogP contribution in [0.5, 0.6) is 5.75 Å². The Morgan fingerprint density at radius 1 is 1.00 bits per heavy atom. The second-order valence-corrected chi connectivity index (χ2v) is 17.5. The second-order valence-electron chi connectivity index (χ2n) is 9.87. The molecule has 0 aromatic heterocycles. The lowest BCUT2D eigenvalue weighted by atomic mass is 10.1. The molecule has 0 bridgehead atoms. The van der Waals surface area contributed by atoms with Gasteiger partial charge in [-0.25, -0.2) is 0 Å². The number of hydrogen-bond donors (Lipinski definition) is 1. The average molecular weight is 568 g/mol. The van der Waals surface area contributed by atoms with Crippen LogP contribution in [0.25, 0.3) is 0 Å². The highest BCUT2D eigenvalue weighted by atomic mass is 31.2. The molecule has 0 spiro atoms.